The van der Waals surface area contributed by atoms with Gasteiger partial charge in [0.25, 0.3) is 0 Å². The molecule has 0 bridgehead atoms. The topological polar surface area (TPSA) is 43.8 Å². The monoisotopic (exact) mass is 199 g/mol. The highest BCUT2D eigenvalue weighted by Gasteiger charge is 2.30. The van der Waals surface area contributed by atoms with E-state index in [1.165, 1.54) is 11.1 Å². The standard InChI is InChI=1S/C12H13N3/c13-12-10-5-2-1-4-9(10)8-11(12)15-7-3-6-14-15/h1-7,11-12H,8,13H2. The third-order valence-corrected chi connectivity index (χ3v) is 3.12. The smallest absolute Gasteiger partial charge is 0.0752 e. The zero-order chi connectivity index (χ0) is 10.3. The Balaban J connectivity index is 2.00. The molecule has 0 spiro atoms. The van der Waals surface area contributed by atoms with Gasteiger partial charge in [0, 0.05) is 12.4 Å². The summed E-state index contributed by atoms with van der Waals surface area (Å²) in [6.07, 6.45) is 4.77. The zero-order valence-electron chi connectivity index (χ0n) is 8.38. The van der Waals surface area contributed by atoms with Crippen LogP contribution < -0.4 is 5.73 Å². The first-order valence-corrected chi connectivity index (χ1v) is 5.19. The van der Waals surface area contributed by atoms with Gasteiger partial charge in [0.15, 0.2) is 0 Å². The van der Waals surface area contributed by atoms with Crippen LogP contribution in [0.15, 0.2) is 42.7 Å². The lowest BCUT2D eigenvalue weighted by Gasteiger charge is -2.16. The molecular formula is C12H13N3. The van der Waals surface area contributed by atoms with Gasteiger partial charge in [0.05, 0.1) is 12.1 Å². The fraction of sp³-hybridized carbons (Fsp3) is 0.250. The van der Waals surface area contributed by atoms with Crippen LogP contribution in [0.5, 0.6) is 0 Å². The van der Waals surface area contributed by atoms with Crippen molar-refractivity contribution in [3.63, 3.8) is 0 Å². The summed E-state index contributed by atoms with van der Waals surface area (Å²) < 4.78 is 1.96. The molecule has 1 heterocycles. The van der Waals surface area contributed by atoms with E-state index in [1.807, 2.05) is 23.0 Å². The van der Waals surface area contributed by atoms with Gasteiger partial charge >= 0.3 is 0 Å². The van der Waals surface area contributed by atoms with Crippen LogP contribution in [0.25, 0.3) is 0 Å². The van der Waals surface area contributed by atoms with Crippen molar-refractivity contribution in [2.75, 3.05) is 0 Å². The largest absolute Gasteiger partial charge is 0.322 e. The van der Waals surface area contributed by atoms with Crippen molar-refractivity contribution in [2.24, 2.45) is 5.73 Å². The Labute approximate surface area is 88.5 Å². The molecule has 3 nitrogen and oxygen atoms in total. The molecule has 2 aromatic rings. The number of fused-ring (bicyclic) bond motifs is 1. The molecule has 3 heteroatoms. The number of hydrogen-bond donors (Lipinski definition) is 1. The molecule has 0 amide bonds. The van der Waals surface area contributed by atoms with Crippen molar-refractivity contribution in [1.29, 1.82) is 0 Å². The molecule has 1 aliphatic rings. The molecule has 0 fully saturated rings. The van der Waals surface area contributed by atoms with Crippen LogP contribution in [0.2, 0.25) is 0 Å². The van der Waals surface area contributed by atoms with E-state index in [2.05, 4.69) is 23.3 Å². The highest BCUT2D eigenvalue weighted by atomic mass is 15.3. The van der Waals surface area contributed by atoms with Gasteiger partial charge < -0.3 is 5.73 Å². The second-order valence-electron chi connectivity index (χ2n) is 3.98. The van der Waals surface area contributed by atoms with E-state index in [4.69, 9.17) is 5.73 Å². The maximum Gasteiger partial charge on any atom is 0.0752 e. The minimum atomic E-state index is 0.0705. The van der Waals surface area contributed by atoms with E-state index < -0.39 is 0 Å². The van der Waals surface area contributed by atoms with E-state index in [9.17, 15) is 0 Å². The molecule has 2 N–H and O–H groups in total. The molecule has 0 radical (unpaired) electrons. The average Bonchev–Trinajstić information content (AvgIpc) is 2.87. The Bertz CT molecular complexity index is 461. The van der Waals surface area contributed by atoms with Crippen LogP contribution >= 0.6 is 0 Å². The summed E-state index contributed by atoms with van der Waals surface area (Å²) in [4.78, 5) is 0. The van der Waals surface area contributed by atoms with Crippen molar-refractivity contribution in [3.8, 4) is 0 Å². The Morgan fingerprint density at radius 2 is 2.13 bits per heavy atom. The molecule has 0 saturated heterocycles. The van der Waals surface area contributed by atoms with E-state index in [0.29, 0.717) is 0 Å². The zero-order valence-corrected chi connectivity index (χ0v) is 8.38. The number of benzene rings is 1. The lowest BCUT2D eigenvalue weighted by atomic mass is 10.1. The molecular weight excluding hydrogens is 186 g/mol. The van der Waals surface area contributed by atoms with Crippen molar-refractivity contribution in [1.82, 2.24) is 9.78 Å². The molecule has 1 aliphatic carbocycles. The number of nitrogens with two attached hydrogens (primary N) is 1. The Morgan fingerprint density at radius 3 is 2.87 bits per heavy atom. The summed E-state index contributed by atoms with van der Waals surface area (Å²) in [6.45, 7) is 0. The first-order valence-electron chi connectivity index (χ1n) is 5.19. The molecule has 3 rings (SSSR count). The van der Waals surface area contributed by atoms with Gasteiger partial charge in [-0.2, -0.15) is 5.10 Å². The minimum absolute atomic E-state index is 0.0705. The predicted octanol–water partition coefficient (Wildman–Crippen LogP) is 1.68. The van der Waals surface area contributed by atoms with Gasteiger partial charge in [-0.3, -0.25) is 4.68 Å². The van der Waals surface area contributed by atoms with Gasteiger partial charge in [-0.1, -0.05) is 24.3 Å². The predicted molar refractivity (Wildman–Crippen MR) is 58.3 cm³/mol. The number of rotatable bonds is 1. The summed E-state index contributed by atoms with van der Waals surface area (Å²) in [7, 11) is 0. The molecule has 76 valence electrons. The molecule has 2 unspecified atom stereocenters. The SMILES string of the molecule is NC1c2ccccc2CC1n1cccn1. The second-order valence-corrected chi connectivity index (χ2v) is 3.98. The third kappa shape index (κ3) is 1.27. The molecule has 0 saturated carbocycles. The summed E-state index contributed by atoms with van der Waals surface area (Å²) in [6, 6.07) is 10.7. The maximum atomic E-state index is 6.22. The summed E-state index contributed by atoms with van der Waals surface area (Å²) in [5.41, 5.74) is 8.84. The van der Waals surface area contributed by atoms with Gasteiger partial charge in [-0.05, 0) is 23.6 Å². The van der Waals surface area contributed by atoms with Crippen LogP contribution in [0.4, 0.5) is 0 Å². The van der Waals surface area contributed by atoms with Crippen molar-refractivity contribution in [3.05, 3.63) is 53.9 Å². The molecule has 0 aliphatic heterocycles. The van der Waals surface area contributed by atoms with Crippen molar-refractivity contribution < 1.29 is 0 Å². The number of hydrogen-bond acceptors (Lipinski definition) is 2. The van der Waals surface area contributed by atoms with E-state index >= 15 is 0 Å². The highest BCUT2D eigenvalue weighted by Crippen LogP contribution is 2.36. The van der Waals surface area contributed by atoms with Gasteiger partial charge in [-0.15, -0.1) is 0 Å². The van der Waals surface area contributed by atoms with Gasteiger partial charge in [0.1, 0.15) is 0 Å². The van der Waals surface area contributed by atoms with Crippen molar-refractivity contribution in [2.45, 2.75) is 18.5 Å². The van der Waals surface area contributed by atoms with Gasteiger partial charge in [0.2, 0.25) is 0 Å². The maximum absolute atomic E-state index is 6.22. The Morgan fingerprint density at radius 1 is 1.27 bits per heavy atom. The second kappa shape index (κ2) is 3.21. The summed E-state index contributed by atoms with van der Waals surface area (Å²) in [5, 5.41) is 4.27. The van der Waals surface area contributed by atoms with E-state index in [0.717, 1.165) is 6.42 Å². The normalized spacial score (nSPS) is 24.1. The fourth-order valence-corrected chi connectivity index (χ4v) is 2.34. The quantitative estimate of drug-likeness (QED) is 0.759. The lowest BCUT2D eigenvalue weighted by Crippen LogP contribution is -2.21. The van der Waals surface area contributed by atoms with Crippen LogP contribution in [0.1, 0.15) is 23.2 Å². The first-order chi connectivity index (χ1) is 7.36. The average molecular weight is 199 g/mol. The molecule has 15 heavy (non-hydrogen) atoms. The van der Waals surface area contributed by atoms with Crippen molar-refractivity contribution >= 4 is 0 Å². The Kier molecular flexibility index (Phi) is 1.86. The molecule has 2 atom stereocenters. The van der Waals surface area contributed by atoms with E-state index in [-0.39, 0.29) is 12.1 Å². The van der Waals surface area contributed by atoms with Crippen LogP contribution in [-0.4, -0.2) is 9.78 Å². The summed E-state index contributed by atoms with van der Waals surface area (Å²) >= 11 is 0. The van der Waals surface area contributed by atoms with E-state index in [1.54, 1.807) is 6.20 Å². The van der Waals surface area contributed by atoms with Gasteiger partial charge in [-0.25, -0.2) is 0 Å². The first kappa shape index (κ1) is 8.68. The number of nitrogens with zero attached hydrogens (tertiary/aromatic N) is 2. The molecule has 1 aromatic heterocycles. The Hall–Kier alpha value is -1.61. The van der Waals surface area contributed by atoms with Crippen LogP contribution in [-0.2, 0) is 6.42 Å². The van der Waals surface area contributed by atoms with Crippen LogP contribution in [0.3, 0.4) is 0 Å². The third-order valence-electron chi connectivity index (χ3n) is 3.12. The lowest BCUT2D eigenvalue weighted by molar-refractivity contribution is 0.410. The van der Waals surface area contributed by atoms with Crippen LogP contribution in [0, 0.1) is 0 Å². The summed E-state index contributed by atoms with van der Waals surface area (Å²) in [5.74, 6) is 0. The highest BCUT2D eigenvalue weighted by molar-refractivity contribution is 5.36. The minimum Gasteiger partial charge on any atom is -0.322 e. The fourth-order valence-electron chi connectivity index (χ4n) is 2.34. The number of aromatic nitrogens is 2. The molecule has 1 aromatic carbocycles.